The minimum absolute atomic E-state index is 0.478. The summed E-state index contributed by atoms with van der Waals surface area (Å²) in [6, 6.07) is 12.1. The van der Waals surface area contributed by atoms with Gasteiger partial charge in [0.15, 0.2) is 0 Å². The van der Waals surface area contributed by atoms with Crippen molar-refractivity contribution in [2.45, 2.75) is 6.54 Å². The summed E-state index contributed by atoms with van der Waals surface area (Å²) in [7, 11) is 0. The Morgan fingerprint density at radius 1 is 1.14 bits per heavy atom. The van der Waals surface area contributed by atoms with E-state index in [2.05, 4.69) is 6.07 Å². The molecule has 3 N–H and O–H groups in total. The third-order valence-corrected chi connectivity index (χ3v) is 2.44. The lowest BCUT2D eigenvalue weighted by Crippen LogP contribution is -2.01. The van der Waals surface area contributed by atoms with Crippen molar-refractivity contribution in [3.8, 4) is 0 Å². The molecule has 2 nitrogen and oxygen atoms in total. The maximum atomic E-state index is 7.28. The predicted molar refractivity (Wildman–Crippen MR) is 59.7 cm³/mol. The molecule has 0 unspecified atom stereocenters. The van der Waals surface area contributed by atoms with Crippen molar-refractivity contribution in [1.29, 1.82) is 5.41 Å². The maximum absolute atomic E-state index is 7.28. The van der Waals surface area contributed by atoms with Crippen molar-refractivity contribution in [2.75, 3.05) is 0 Å². The topological polar surface area (TPSA) is 49.9 Å². The molecule has 0 aromatic heterocycles. The monoisotopic (exact) mass is 184 g/mol. The third kappa shape index (κ3) is 1.30. The van der Waals surface area contributed by atoms with Gasteiger partial charge in [-0.05, 0) is 21.9 Å². The minimum atomic E-state index is 0.478. The molecule has 14 heavy (non-hydrogen) atoms. The summed E-state index contributed by atoms with van der Waals surface area (Å²) >= 11 is 0. The van der Waals surface area contributed by atoms with E-state index in [1.165, 1.54) is 11.6 Å². The Morgan fingerprint density at radius 3 is 2.64 bits per heavy atom. The highest BCUT2D eigenvalue weighted by molar-refractivity contribution is 5.93. The van der Waals surface area contributed by atoms with Crippen LogP contribution in [0.3, 0.4) is 0 Å². The van der Waals surface area contributed by atoms with E-state index in [9.17, 15) is 0 Å². The van der Waals surface area contributed by atoms with E-state index < -0.39 is 0 Å². The Morgan fingerprint density at radius 2 is 1.93 bits per heavy atom. The molecule has 0 heterocycles. The first-order valence-electron chi connectivity index (χ1n) is 4.58. The lowest BCUT2D eigenvalue weighted by Gasteiger charge is -2.07. The summed E-state index contributed by atoms with van der Waals surface area (Å²) in [5, 5.41) is 9.61. The van der Waals surface area contributed by atoms with Gasteiger partial charge in [-0.1, -0.05) is 36.4 Å². The second-order valence-corrected chi connectivity index (χ2v) is 3.20. The summed E-state index contributed by atoms with van der Waals surface area (Å²) in [4.78, 5) is 0. The van der Waals surface area contributed by atoms with E-state index in [1.54, 1.807) is 0 Å². The number of nitrogens with two attached hydrogens (primary N) is 1. The minimum Gasteiger partial charge on any atom is -0.326 e. The van der Waals surface area contributed by atoms with Crippen LogP contribution in [0.1, 0.15) is 11.1 Å². The van der Waals surface area contributed by atoms with Crippen LogP contribution in [0.4, 0.5) is 0 Å². The van der Waals surface area contributed by atoms with Gasteiger partial charge in [-0.25, -0.2) is 0 Å². The lowest BCUT2D eigenvalue weighted by atomic mass is 9.99. The first-order valence-corrected chi connectivity index (χ1v) is 4.58. The molecule has 0 amide bonds. The van der Waals surface area contributed by atoms with Gasteiger partial charge in [0.1, 0.15) is 0 Å². The molecule has 70 valence electrons. The quantitative estimate of drug-likeness (QED) is 0.691. The van der Waals surface area contributed by atoms with Gasteiger partial charge in [0.05, 0.1) is 0 Å². The predicted octanol–water partition coefficient (Wildman–Crippen LogP) is 2.30. The Labute approximate surface area is 82.9 Å². The second kappa shape index (κ2) is 3.60. The van der Waals surface area contributed by atoms with Gasteiger partial charge in [-0.2, -0.15) is 0 Å². The average Bonchev–Trinajstić information content (AvgIpc) is 2.27. The van der Waals surface area contributed by atoms with E-state index in [4.69, 9.17) is 11.1 Å². The standard InChI is InChI=1S/C12H12N2/c13-7-10-6-5-9-3-1-2-4-11(9)12(10)8-14/h1-7,13H,8,14H2. The van der Waals surface area contributed by atoms with Crippen LogP contribution in [0, 0.1) is 5.41 Å². The summed E-state index contributed by atoms with van der Waals surface area (Å²) in [5.74, 6) is 0. The highest BCUT2D eigenvalue weighted by Crippen LogP contribution is 2.20. The zero-order chi connectivity index (χ0) is 9.97. The largest absolute Gasteiger partial charge is 0.326 e. The highest BCUT2D eigenvalue weighted by atomic mass is 14.5. The fourth-order valence-corrected chi connectivity index (χ4v) is 1.72. The lowest BCUT2D eigenvalue weighted by molar-refractivity contribution is 1.08. The zero-order valence-electron chi connectivity index (χ0n) is 7.83. The third-order valence-electron chi connectivity index (χ3n) is 2.44. The van der Waals surface area contributed by atoms with Gasteiger partial charge in [0.25, 0.3) is 0 Å². The van der Waals surface area contributed by atoms with Crippen LogP contribution in [0.15, 0.2) is 36.4 Å². The number of hydrogen-bond acceptors (Lipinski definition) is 2. The van der Waals surface area contributed by atoms with E-state index >= 15 is 0 Å². The molecule has 0 spiro atoms. The van der Waals surface area contributed by atoms with Gasteiger partial charge in [-0.3, -0.25) is 0 Å². The number of hydrogen-bond donors (Lipinski definition) is 2. The molecule has 0 saturated carbocycles. The van der Waals surface area contributed by atoms with Crippen LogP contribution < -0.4 is 5.73 Å². The molecular weight excluding hydrogens is 172 g/mol. The van der Waals surface area contributed by atoms with Crippen molar-refractivity contribution in [3.63, 3.8) is 0 Å². The van der Waals surface area contributed by atoms with Crippen LogP contribution in [0.5, 0.6) is 0 Å². The SMILES string of the molecule is N=Cc1ccc2ccccc2c1CN. The molecule has 0 aliphatic carbocycles. The Hall–Kier alpha value is -1.67. The normalized spacial score (nSPS) is 10.4. The Bertz CT molecular complexity index is 475. The number of benzene rings is 2. The Balaban J connectivity index is 2.83. The van der Waals surface area contributed by atoms with Crippen LogP contribution in [-0.4, -0.2) is 6.21 Å². The van der Waals surface area contributed by atoms with Gasteiger partial charge in [-0.15, -0.1) is 0 Å². The molecule has 2 aromatic carbocycles. The highest BCUT2D eigenvalue weighted by Gasteiger charge is 2.02. The van der Waals surface area contributed by atoms with Crippen LogP contribution >= 0.6 is 0 Å². The van der Waals surface area contributed by atoms with Gasteiger partial charge in [0, 0.05) is 12.8 Å². The molecule has 0 radical (unpaired) electrons. The number of rotatable bonds is 2. The fourth-order valence-electron chi connectivity index (χ4n) is 1.72. The van der Waals surface area contributed by atoms with Crippen LogP contribution in [0.2, 0.25) is 0 Å². The van der Waals surface area contributed by atoms with E-state index in [-0.39, 0.29) is 0 Å². The van der Waals surface area contributed by atoms with Crippen molar-refractivity contribution < 1.29 is 0 Å². The van der Waals surface area contributed by atoms with Crippen molar-refractivity contribution in [1.82, 2.24) is 0 Å². The number of fused-ring (bicyclic) bond motifs is 1. The van der Waals surface area contributed by atoms with Crippen molar-refractivity contribution in [2.24, 2.45) is 5.73 Å². The van der Waals surface area contributed by atoms with Crippen LogP contribution in [-0.2, 0) is 6.54 Å². The molecule has 0 aliphatic heterocycles. The molecule has 0 bridgehead atoms. The smallest absolute Gasteiger partial charge is 0.0253 e. The summed E-state index contributed by atoms with van der Waals surface area (Å²) < 4.78 is 0. The fraction of sp³-hybridized carbons (Fsp3) is 0.0833. The Kier molecular flexibility index (Phi) is 2.29. The second-order valence-electron chi connectivity index (χ2n) is 3.20. The van der Waals surface area contributed by atoms with Gasteiger partial charge >= 0.3 is 0 Å². The first-order chi connectivity index (χ1) is 6.86. The molecule has 0 saturated heterocycles. The molecule has 2 rings (SSSR count). The summed E-state index contributed by atoms with van der Waals surface area (Å²) in [6.45, 7) is 0.478. The number of nitrogens with one attached hydrogen (secondary N) is 1. The molecule has 2 heteroatoms. The van der Waals surface area contributed by atoms with Crippen molar-refractivity contribution >= 4 is 17.0 Å². The molecule has 0 atom stereocenters. The molecule has 2 aromatic rings. The van der Waals surface area contributed by atoms with Gasteiger partial charge < -0.3 is 11.1 Å². The maximum Gasteiger partial charge on any atom is 0.0253 e. The zero-order valence-corrected chi connectivity index (χ0v) is 7.83. The molecule has 0 fully saturated rings. The summed E-state index contributed by atoms with van der Waals surface area (Å²) in [6.07, 6.45) is 1.36. The first kappa shape index (κ1) is 8.91. The molecular formula is C12H12N2. The van der Waals surface area contributed by atoms with E-state index in [1.807, 2.05) is 30.3 Å². The van der Waals surface area contributed by atoms with Crippen LogP contribution in [0.25, 0.3) is 10.8 Å². The average molecular weight is 184 g/mol. The molecule has 0 aliphatic rings. The summed E-state index contributed by atoms with van der Waals surface area (Å²) in [5.41, 5.74) is 7.65. The van der Waals surface area contributed by atoms with E-state index in [0.29, 0.717) is 6.54 Å². The van der Waals surface area contributed by atoms with Crippen molar-refractivity contribution in [3.05, 3.63) is 47.5 Å². The van der Waals surface area contributed by atoms with E-state index in [0.717, 1.165) is 16.5 Å². The van der Waals surface area contributed by atoms with Gasteiger partial charge in [0.2, 0.25) is 0 Å².